The number of sulfonamides is 1. The molecule has 202 valence electrons. The van der Waals surface area contributed by atoms with Gasteiger partial charge in [0.15, 0.2) is 5.11 Å². The van der Waals surface area contributed by atoms with Crippen molar-refractivity contribution in [1.29, 1.82) is 0 Å². The Bertz CT molecular complexity index is 1410. The van der Waals surface area contributed by atoms with E-state index in [-0.39, 0.29) is 10.6 Å². The third-order valence-corrected chi connectivity index (χ3v) is 7.28. The minimum Gasteiger partial charge on any atom is -0.379 e. The zero-order chi connectivity index (χ0) is 27.2. The van der Waals surface area contributed by atoms with Crippen molar-refractivity contribution < 1.29 is 26.3 Å². The first-order valence-corrected chi connectivity index (χ1v) is 13.5. The van der Waals surface area contributed by atoms with E-state index in [1.54, 1.807) is 24.3 Å². The Balaban J connectivity index is 1.41. The number of alkyl halides is 3. The molecule has 1 fully saturated rings. The molecule has 1 aliphatic rings. The molecule has 9 nitrogen and oxygen atoms in total. The standard InChI is InChI=1S/C24H25F3N6O3S2/c25-24(26,27)18-5-8-20(9-6-18)38(34,35)32-21-3-1-2-17-4-7-19(30-22(17)21)16-29-31-23(37)28-10-11-33-12-14-36-15-13-33/h1-9,16,32H,10-15H2,(H2,28,31,37)/b29-16+. The molecule has 0 unspecified atom stereocenters. The quantitative estimate of drug-likeness (QED) is 0.217. The summed E-state index contributed by atoms with van der Waals surface area (Å²) in [4.78, 5) is 6.43. The largest absolute Gasteiger partial charge is 0.416 e. The Morgan fingerprint density at radius 2 is 1.84 bits per heavy atom. The fraction of sp³-hybridized carbons (Fsp3) is 0.292. The lowest BCUT2D eigenvalue weighted by atomic mass is 10.2. The van der Waals surface area contributed by atoms with E-state index in [0.717, 1.165) is 57.1 Å². The molecule has 14 heteroatoms. The highest BCUT2D eigenvalue weighted by molar-refractivity contribution is 7.92. The van der Waals surface area contributed by atoms with Gasteiger partial charge in [-0.2, -0.15) is 18.3 Å². The summed E-state index contributed by atoms with van der Waals surface area (Å²) in [5, 5.41) is 8.16. The van der Waals surface area contributed by atoms with Gasteiger partial charge >= 0.3 is 6.18 Å². The number of hydrogen-bond donors (Lipinski definition) is 3. The molecule has 0 aliphatic carbocycles. The summed E-state index contributed by atoms with van der Waals surface area (Å²) in [5.74, 6) is 0. The number of benzene rings is 2. The van der Waals surface area contributed by atoms with Gasteiger partial charge in [-0.15, -0.1) is 0 Å². The van der Waals surface area contributed by atoms with Crippen LogP contribution in [0.3, 0.4) is 0 Å². The maximum atomic E-state index is 12.8. The molecule has 0 atom stereocenters. The number of fused-ring (bicyclic) bond motifs is 1. The molecule has 1 aromatic heterocycles. The number of aromatic nitrogens is 1. The van der Waals surface area contributed by atoms with Crippen LogP contribution < -0.4 is 15.5 Å². The predicted octanol–water partition coefficient (Wildman–Crippen LogP) is 3.18. The molecule has 1 aliphatic heterocycles. The van der Waals surface area contributed by atoms with Gasteiger partial charge in [0.25, 0.3) is 10.0 Å². The minimum absolute atomic E-state index is 0.172. The van der Waals surface area contributed by atoms with E-state index >= 15 is 0 Å². The molecule has 0 amide bonds. The lowest BCUT2D eigenvalue weighted by molar-refractivity contribution is -0.137. The van der Waals surface area contributed by atoms with Crippen LogP contribution in [0.25, 0.3) is 10.9 Å². The van der Waals surface area contributed by atoms with Gasteiger partial charge in [0.1, 0.15) is 0 Å². The van der Waals surface area contributed by atoms with Crippen molar-refractivity contribution in [1.82, 2.24) is 20.6 Å². The predicted molar refractivity (Wildman–Crippen MR) is 143 cm³/mol. The van der Waals surface area contributed by atoms with Crippen molar-refractivity contribution in [2.24, 2.45) is 5.10 Å². The van der Waals surface area contributed by atoms with Crippen LogP contribution in [0.5, 0.6) is 0 Å². The van der Waals surface area contributed by atoms with Crippen molar-refractivity contribution in [3.63, 3.8) is 0 Å². The van der Waals surface area contributed by atoms with Gasteiger partial charge in [0, 0.05) is 31.6 Å². The fourth-order valence-corrected chi connectivity index (χ4v) is 4.91. The number of thiocarbonyl (C=S) groups is 1. The number of hydrogen-bond acceptors (Lipinski definition) is 7. The van der Waals surface area contributed by atoms with Crippen molar-refractivity contribution in [3.05, 3.63) is 65.9 Å². The lowest BCUT2D eigenvalue weighted by Gasteiger charge is -2.26. The number of halogens is 3. The second kappa shape index (κ2) is 12.0. The van der Waals surface area contributed by atoms with E-state index in [0.29, 0.717) is 28.3 Å². The molecule has 0 radical (unpaired) electrons. The van der Waals surface area contributed by atoms with Crippen LogP contribution in [0.4, 0.5) is 18.9 Å². The van der Waals surface area contributed by atoms with Crippen LogP contribution in [0.1, 0.15) is 11.3 Å². The van der Waals surface area contributed by atoms with Gasteiger partial charge in [-0.1, -0.05) is 18.2 Å². The molecule has 3 N–H and O–H groups in total. The second-order valence-electron chi connectivity index (χ2n) is 8.32. The summed E-state index contributed by atoms with van der Waals surface area (Å²) < 4.78 is 71.9. The highest BCUT2D eigenvalue weighted by atomic mass is 32.2. The Morgan fingerprint density at radius 3 is 2.55 bits per heavy atom. The topological polar surface area (TPSA) is 108 Å². The van der Waals surface area contributed by atoms with Crippen LogP contribution in [-0.4, -0.2) is 69.0 Å². The van der Waals surface area contributed by atoms with Crippen LogP contribution in [-0.2, 0) is 20.9 Å². The number of hydrazone groups is 1. The maximum Gasteiger partial charge on any atom is 0.416 e. The van der Waals surface area contributed by atoms with Gasteiger partial charge in [0.2, 0.25) is 0 Å². The monoisotopic (exact) mass is 566 g/mol. The van der Waals surface area contributed by atoms with E-state index in [4.69, 9.17) is 17.0 Å². The summed E-state index contributed by atoms with van der Waals surface area (Å²) in [6, 6.07) is 11.6. The van der Waals surface area contributed by atoms with Crippen molar-refractivity contribution in [2.75, 3.05) is 44.1 Å². The van der Waals surface area contributed by atoms with Crippen LogP contribution in [0.15, 0.2) is 64.6 Å². The van der Waals surface area contributed by atoms with Crippen molar-refractivity contribution in [2.45, 2.75) is 11.1 Å². The molecule has 0 saturated carbocycles. The summed E-state index contributed by atoms with van der Waals surface area (Å²) in [7, 11) is -4.16. The smallest absolute Gasteiger partial charge is 0.379 e. The molecule has 2 heterocycles. The number of nitrogens with zero attached hydrogens (tertiary/aromatic N) is 3. The molecular formula is C24H25F3N6O3S2. The van der Waals surface area contributed by atoms with Crippen molar-refractivity contribution in [3.8, 4) is 0 Å². The summed E-state index contributed by atoms with van der Waals surface area (Å²) in [6.45, 7) is 4.70. The minimum atomic E-state index is -4.56. The van der Waals surface area contributed by atoms with Gasteiger partial charge in [-0.05, 0) is 48.6 Å². The van der Waals surface area contributed by atoms with Crippen LogP contribution in [0, 0.1) is 0 Å². The van der Waals surface area contributed by atoms with Crippen molar-refractivity contribution >= 4 is 50.2 Å². The molecule has 0 bridgehead atoms. The van der Waals surface area contributed by atoms with E-state index in [1.165, 1.54) is 12.3 Å². The molecule has 2 aromatic carbocycles. The zero-order valence-corrected chi connectivity index (χ0v) is 21.7. The average Bonchev–Trinajstić information content (AvgIpc) is 2.89. The molecule has 38 heavy (non-hydrogen) atoms. The van der Waals surface area contributed by atoms with Gasteiger partial charge in [-0.25, -0.2) is 13.4 Å². The average molecular weight is 567 g/mol. The molecule has 1 saturated heterocycles. The molecule has 3 aromatic rings. The Labute approximate surface area is 223 Å². The fourth-order valence-electron chi connectivity index (χ4n) is 3.69. The van der Waals surface area contributed by atoms with E-state index in [2.05, 4.69) is 30.4 Å². The van der Waals surface area contributed by atoms with E-state index < -0.39 is 21.8 Å². The van der Waals surface area contributed by atoms with E-state index in [9.17, 15) is 21.6 Å². The Morgan fingerprint density at radius 1 is 1.11 bits per heavy atom. The molecule has 0 spiro atoms. The first-order chi connectivity index (χ1) is 18.1. The van der Waals surface area contributed by atoms with Gasteiger partial charge in [0.05, 0.1) is 46.8 Å². The number of para-hydroxylation sites is 1. The third-order valence-electron chi connectivity index (χ3n) is 5.66. The SMILES string of the molecule is O=S(=O)(Nc1cccc2ccc(/C=N/NC(=S)NCCN3CCOCC3)nc12)c1ccc(C(F)(F)F)cc1. The Hall–Kier alpha value is -3.33. The highest BCUT2D eigenvalue weighted by Gasteiger charge is 2.30. The maximum absolute atomic E-state index is 12.8. The van der Waals surface area contributed by atoms with Crippen LogP contribution in [0.2, 0.25) is 0 Å². The van der Waals surface area contributed by atoms with Gasteiger partial charge < -0.3 is 10.1 Å². The number of nitrogens with one attached hydrogen (secondary N) is 3. The van der Waals surface area contributed by atoms with Gasteiger partial charge in [-0.3, -0.25) is 15.0 Å². The summed E-state index contributed by atoms with van der Waals surface area (Å²) in [6.07, 6.45) is -3.12. The zero-order valence-electron chi connectivity index (χ0n) is 20.0. The molecule has 4 rings (SSSR count). The number of pyridine rings is 1. The van der Waals surface area contributed by atoms with Crippen LogP contribution >= 0.6 is 12.2 Å². The highest BCUT2D eigenvalue weighted by Crippen LogP contribution is 2.30. The summed E-state index contributed by atoms with van der Waals surface area (Å²) in [5.41, 5.74) is 2.73. The van der Waals surface area contributed by atoms with E-state index in [1.807, 2.05) is 0 Å². The Kier molecular flexibility index (Phi) is 8.76. The molecular weight excluding hydrogens is 541 g/mol. The third kappa shape index (κ3) is 7.37. The number of ether oxygens (including phenoxy) is 1. The number of rotatable bonds is 8. The lowest BCUT2D eigenvalue weighted by Crippen LogP contribution is -2.42. The first kappa shape index (κ1) is 27.7. The number of anilines is 1. The normalized spacial score (nSPS) is 15.0. The summed E-state index contributed by atoms with van der Waals surface area (Å²) >= 11 is 5.23. The number of morpholine rings is 1. The second-order valence-corrected chi connectivity index (χ2v) is 10.4. The first-order valence-electron chi connectivity index (χ1n) is 11.6.